The first-order chi connectivity index (χ1) is 9.22. The van der Waals surface area contributed by atoms with Crippen molar-refractivity contribution < 1.29 is 0 Å². The van der Waals surface area contributed by atoms with Crippen LogP contribution < -0.4 is 5.32 Å². The van der Waals surface area contributed by atoms with Crippen LogP contribution in [0.3, 0.4) is 0 Å². The normalized spacial score (nSPS) is 11.2. The standard InChI is InChI=1S/C18H31N/c1-4-5-8-17-10-12-18(13-11-17)9-6-7-14-19-15-16(2)3/h10-13,16,19H,4-9,14-15H2,1-3H3. The molecule has 0 fully saturated rings. The molecule has 0 bridgehead atoms. The second-order valence-corrected chi connectivity index (χ2v) is 5.98. The fourth-order valence-electron chi connectivity index (χ4n) is 2.22. The molecule has 0 aromatic heterocycles. The number of hydrogen-bond acceptors (Lipinski definition) is 1. The molecule has 0 atom stereocenters. The average Bonchev–Trinajstić information content (AvgIpc) is 2.41. The maximum Gasteiger partial charge on any atom is -0.00258 e. The van der Waals surface area contributed by atoms with Gasteiger partial charge < -0.3 is 5.32 Å². The minimum Gasteiger partial charge on any atom is -0.316 e. The van der Waals surface area contributed by atoms with Crippen molar-refractivity contribution >= 4 is 0 Å². The van der Waals surface area contributed by atoms with Gasteiger partial charge in [0.2, 0.25) is 0 Å². The zero-order valence-corrected chi connectivity index (χ0v) is 13.0. The van der Waals surface area contributed by atoms with Crippen LogP contribution in [-0.4, -0.2) is 13.1 Å². The quantitative estimate of drug-likeness (QED) is 0.607. The molecule has 1 nitrogen and oxygen atoms in total. The van der Waals surface area contributed by atoms with E-state index in [1.165, 1.54) is 49.7 Å². The van der Waals surface area contributed by atoms with Gasteiger partial charge in [-0.2, -0.15) is 0 Å². The molecule has 1 N–H and O–H groups in total. The lowest BCUT2D eigenvalue weighted by Gasteiger charge is -2.07. The number of aryl methyl sites for hydroxylation is 2. The van der Waals surface area contributed by atoms with Crippen LogP contribution in [0.4, 0.5) is 0 Å². The molecule has 1 aromatic rings. The van der Waals surface area contributed by atoms with Crippen LogP contribution in [-0.2, 0) is 12.8 Å². The summed E-state index contributed by atoms with van der Waals surface area (Å²) in [6, 6.07) is 9.24. The maximum atomic E-state index is 3.50. The van der Waals surface area contributed by atoms with Crippen LogP contribution in [0.25, 0.3) is 0 Å². The summed E-state index contributed by atoms with van der Waals surface area (Å²) in [6.45, 7) is 9.07. The smallest absolute Gasteiger partial charge is 0.00258 e. The largest absolute Gasteiger partial charge is 0.316 e. The topological polar surface area (TPSA) is 12.0 Å². The minimum atomic E-state index is 0.760. The third-order valence-electron chi connectivity index (χ3n) is 3.46. The van der Waals surface area contributed by atoms with E-state index in [2.05, 4.69) is 50.4 Å². The molecule has 1 aromatic carbocycles. The van der Waals surface area contributed by atoms with Gasteiger partial charge in [0.25, 0.3) is 0 Å². The minimum absolute atomic E-state index is 0.760. The van der Waals surface area contributed by atoms with E-state index in [1.807, 2.05) is 0 Å². The Balaban J connectivity index is 2.12. The second-order valence-electron chi connectivity index (χ2n) is 5.98. The molecular formula is C18H31N. The van der Waals surface area contributed by atoms with Gasteiger partial charge in [-0.25, -0.2) is 0 Å². The molecule has 0 amide bonds. The van der Waals surface area contributed by atoms with Crippen LogP contribution >= 0.6 is 0 Å². The molecule has 0 aliphatic carbocycles. The Bertz CT molecular complexity index is 313. The summed E-state index contributed by atoms with van der Waals surface area (Å²) < 4.78 is 0. The number of nitrogens with one attached hydrogen (secondary N) is 1. The van der Waals surface area contributed by atoms with Gasteiger partial charge >= 0.3 is 0 Å². The Morgan fingerprint density at radius 3 is 2.00 bits per heavy atom. The molecule has 1 rings (SSSR count). The summed E-state index contributed by atoms with van der Waals surface area (Å²) in [5.41, 5.74) is 2.98. The lowest BCUT2D eigenvalue weighted by Crippen LogP contribution is -2.20. The van der Waals surface area contributed by atoms with Crippen molar-refractivity contribution in [1.82, 2.24) is 5.32 Å². The van der Waals surface area contributed by atoms with Gasteiger partial charge in [0.15, 0.2) is 0 Å². The van der Waals surface area contributed by atoms with Crippen molar-refractivity contribution in [2.45, 2.75) is 59.3 Å². The monoisotopic (exact) mass is 261 g/mol. The number of hydrogen-bond donors (Lipinski definition) is 1. The summed E-state index contributed by atoms with van der Waals surface area (Å²) in [6.07, 6.45) is 7.61. The molecule has 19 heavy (non-hydrogen) atoms. The molecule has 0 unspecified atom stereocenters. The zero-order chi connectivity index (χ0) is 13.9. The van der Waals surface area contributed by atoms with Gasteiger partial charge in [-0.05, 0) is 62.2 Å². The number of unbranched alkanes of at least 4 members (excludes halogenated alkanes) is 2. The first-order valence-corrected chi connectivity index (χ1v) is 8.01. The van der Waals surface area contributed by atoms with Crippen molar-refractivity contribution in [1.29, 1.82) is 0 Å². The Morgan fingerprint density at radius 1 is 0.895 bits per heavy atom. The predicted molar refractivity (Wildman–Crippen MR) is 85.7 cm³/mol. The van der Waals surface area contributed by atoms with Crippen LogP contribution in [0.5, 0.6) is 0 Å². The molecule has 0 heterocycles. The first kappa shape index (κ1) is 16.2. The van der Waals surface area contributed by atoms with Crippen LogP contribution in [0.1, 0.15) is 57.6 Å². The van der Waals surface area contributed by atoms with E-state index in [0.29, 0.717) is 0 Å². The number of benzene rings is 1. The predicted octanol–water partition coefficient (Wildman–Crippen LogP) is 4.60. The van der Waals surface area contributed by atoms with Gasteiger partial charge in [-0.3, -0.25) is 0 Å². The highest BCUT2D eigenvalue weighted by Crippen LogP contribution is 2.10. The molecule has 0 aliphatic heterocycles. The van der Waals surface area contributed by atoms with Crippen LogP contribution in [0, 0.1) is 5.92 Å². The maximum absolute atomic E-state index is 3.50. The first-order valence-electron chi connectivity index (χ1n) is 8.01. The molecule has 0 saturated carbocycles. The van der Waals surface area contributed by atoms with Crippen molar-refractivity contribution in [3.8, 4) is 0 Å². The summed E-state index contributed by atoms with van der Waals surface area (Å²) in [5.74, 6) is 0.760. The molecular weight excluding hydrogens is 230 g/mol. The van der Waals surface area contributed by atoms with Gasteiger partial charge in [0, 0.05) is 0 Å². The van der Waals surface area contributed by atoms with Crippen LogP contribution in [0.15, 0.2) is 24.3 Å². The lowest BCUT2D eigenvalue weighted by molar-refractivity contribution is 0.535. The van der Waals surface area contributed by atoms with Crippen molar-refractivity contribution in [3.05, 3.63) is 35.4 Å². The van der Waals surface area contributed by atoms with Crippen molar-refractivity contribution in [2.24, 2.45) is 5.92 Å². The van der Waals surface area contributed by atoms with Crippen molar-refractivity contribution in [2.75, 3.05) is 13.1 Å². The highest BCUT2D eigenvalue weighted by Gasteiger charge is 1.96. The highest BCUT2D eigenvalue weighted by atomic mass is 14.8. The van der Waals surface area contributed by atoms with E-state index in [0.717, 1.165) is 19.0 Å². The third-order valence-corrected chi connectivity index (χ3v) is 3.46. The average molecular weight is 261 g/mol. The van der Waals surface area contributed by atoms with E-state index in [4.69, 9.17) is 0 Å². The second kappa shape index (κ2) is 10.0. The molecule has 1 heteroatoms. The fourth-order valence-corrected chi connectivity index (χ4v) is 2.22. The zero-order valence-electron chi connectivity index (χ0n) is 13.0. The molecule has 0 radical (unpaired) electrons. The van der Waals surface area contributed by atoms with E-state index < -0.39 is 0 Å². The van der Waals surface area contributed by atoms with E-state index in [-0.39, 0.29) is 0 Å². The van der Waals surface area contributed by atoms with E-state index in [1.54, 1.807) is 0 Å². The van der Waals surface area contributed by atoms with Crippen molar-refractivity contribution in [3.63, 3.8) is 0 Å². The SMILES string of the molecule is CCCCc1ccc(CCCCNCC(C)C)cc1. The Hall–Kier alpha value is -0.820. The highest BCUT2D eigenvalue weighted by molar-refractivity contribution is 5.22. The van der Waals surface area contributed by atoms with Gasteiger partial charge in [-0.15, -0.1) is 0 Å². The molecule has 0 saturated heterocycles. The summed E-state index contributed by atoms with van der Waals surface area (Å²) in [4.78, 5) is 0. The molecule has 0 spiro atoms. The van der Waals surface area contributed by atoms with Gasteiger partial charge in [0.1, 0.15) is 0 Å². The fraction of sp³-hybridized carbons (Fsp3) is 0.667. The Kier molecular flexibility index (Phi) is 8.57. The third kappa shape index (κ3) is 8.05. The molecule has 0 aliphatic rings. The number of rotatable bonds is 10. The summed E-state index contributed by atoms with van der Waals surface area (Å²) in [5, 5.41) is 3.50. The lowest BCUT2D eigenvalue weighted by atomic mass is 10.0. The van der Waals surface area contributed by atoms with E-state index >= 15 is 0 Å². The Labute approximate surface area is 119 Å². The van der Waals surface area contributed by atoms with E-state index in [9.17, 15) is 0 Å². The summed E-state index contributed by atoms with van der Waals surface area (Å²) >= 11 is 0. The van der Waals surface area contributed by atoms with Gasteiger partial charge in [0.05, 0.1) is 0 Å². The molecule has 108 valence electrons. The Morgan fingerprint density at radius 2 is 1.47 bits per heavy atom. The van der Waals surface area contributed by atoms with Gasteiger partial charge in [-0.1, -0.05) is 51.5 Å². The summed E-state index contributed by atoms with van der Waals surface area (Å²) in [7, 11) is 0. The van der Waals surface area contributed by atoms with Crippen LogP contribution in [0.2, 0.25) is 0 Å².